The van der Waals surface area contributed by atoms with Gasteiger partial charge in [-0.05, 0) is 49.9 Å². The summed E-state index contributed by atoms with van der Waals surface area (Å²) in [5.74, 6) is 0.563. The van der Waals surface area contributed by atoms with Gasteiger partial charge in [0.2, 0.25) is 11.8 Å². The van der Waals surface area contributed by atoms with Gasteiger partial charge in [0, 0.05) is 30.5 Å². The highest BCUT2D eigenvalue weighted by Gasteiger charge is 2.25. The topological polar surface area (TPSA) is 72.6 Å². The molecule has 23 heavy (non-hydrogen) atoms. The Labute approximate surface area is 141 Å². The molecule has 0 radical (unpaired) electrons. The second-order valence-corrected chi connectivity index (χ2v) is 6.36. The molecule has 0 aromatic heterocycles. The molecule has 1 aliphatic heterocycles. The molecule has 0 bridgehead atoms. The van der Waals surface area contributed by atoms with E-state index in [9.17, 15) is 9.59 Å². The second-order valence-electron chi connectivity index (χ2n) is 5.92. The van der Waals surface area contributed by atoms with Gasteiger partial charge in [-0.2, -0.15) is 0 Å². The highest BCUT2D eigenvalue weighted by Crippen LogP contribution is 2.22. The predicted molar refractivity (Wildman–Crippen MR) is 89.4 cm³/mol. The molecule has 126 valence electrons. The maximum absolute atomic E-state index is 12.1. The zero-order valence-corrected chi connectivity index (χ0v) is 14.1. The number of primary amides is 1. The lowest BCUT2D eigenvalue weighted by Crippen LogP contribution is -2.41. The molecule has 5 nitrogen and oxygen atoms in total. The third-order valence-corrected chi connectivity index (χ3v) is 4.41. The fourth-order valence-corrected chi connectivity index (χ4v) is 2.98. The van der Waals surface area contributed by atoms with Crippen LogP contribution < -0.4 is 10.5 Å². The third kappa shape index (κ3) is 5.13. The van der Waals surface area contributed by atoms with Gasteiger partial charge in [-0.25, -0.2) is 0 Å². The SMILES string of the molecule is Cc1cc(Cl)ccc1OCCCC(=O)N1CCC(C(N)=O)CC1. The Bertz CT molecular complexity index is 569. The first-order chi connectivity index (χ1) is 11.0. The molecule has 0 spiro atoms. The van der Waals surface area contributed by atoms with Crippen molar-refractivity contribution in [2.45, 2.75) is 32.6 Å². The van der Waals surface area contributed by atoms with Gasteiger partial charge < -0.3 is 15.4 Å². The van der Waals surface area contributed by atoms with Crippen LogP contribution in [0.4, 0.5) is 0 Å². The molecule has 1 aromatic rings. The molecule has 1 aliphatic rings. The maximum atomic E-state index is 12.1. The summed E-state index contributed by atoms with van der Waals surface area (Å²) < 4.78 is 5.69. The Morgan fingerprint density at radius 1 is 1.35 bits per heavy atom. The molecular formula is C17H23ClN2O3. The first-order valence-corrected chi connectivity index (χ1v) is 8.31. The molecule has 2 amide bonds. The summed E-state index contributed by atoms with van der Waals surface area (Å²) in [6.45, 7) is 3.66. The Balaban J connectivity index is 1.68. The van der Waals surface area contributed by atoms with Gasteiger partial charge >= 0.3 is 0 Å². The monoisotopic (exact) mass is 338 g/mol. The Morgan fingerprint density at radius 2 is 2.04 bits per heavy atom. The van der Waals surface area contributed by atoms with Crippen LogP contribution in [0.15, 0.2) is 18.2 Å². The number of nitrogens with two attached hydrogens (primary N) is 1. The summed E-state index contributed by atoms with van der Waals surface area (Å²) in [5.41, 5.74) is 6.28. The van der Waals surface area contributed by atoms with E-state index in [1.807, 2.05) is 24.0 Å². The number of nitrogens with zero attached hydrogens (tertiary/aromatic N) is 1. The van der Waals surface area contributed by atoms with E-state index in [0.717, 1.165) is 11.3 Å². The largest absolute Gasteiger partial charge is 0.493 e. The van der Waals surface area contributed by atoms with Crippen molar-refractivity contribution in [2.24, 2.45) is 11.7 Å². The first-order valence-electron chi connectivity index (χ1n) is 7.93. The molecule has 2 N–H and O–H groups in total. The molecule has 0 atom stereocenters. The lowest BCUT2D eigenvalue weighted by atomic mass is 9.96. The molecular weight excluding hydrogens is 316 g/mol. The quantitative estimate of drug-likeness (QED) is 0.810. The van der Waals surface area contributed by atoms with Crippen LogP contribution in [0.5, 0.6) is 5.75 Å². The zero-order chi connectivity index (χ0) is 16.8. The van der Waals surface area contributed by atoms with Crippen molar-refractivity contribution in [2.75, 3.05) is 19.7 Å². The maximum Gasteiger partial charge on any atom is 0.222 e. The Morgan fingerprint density at radius 3 is 2.65 bits per heavy atom. The Hall–Kier alpha value is -1.75. The number of likely N-dealkylation sites (tertiary alicyclic amines) is 1. The average molecular weight is 339 g/mol. The fraction of sp³-hybridized carbons (Fsp3) is 0.529. The summed E-state index contributed by atoms with van der Waals surface area (Å²) in [7, 11) is 0. The normalized spacial score (nSPS) is 15.5. The summed E-state index contributed by atoms with van der Waals surface area (Å²) in [5, 5.41) is 0.685. The van der Waals surface area contributed by atoms with Crippen molar-refractivity contribution < 1.29 is 14.3 Å². The van der Waals surface area contributed by atoms with Crippen LogP contribution in [0.25, 0.3) is 0 Å². The highest BCUT2D eigenvalue weighted by molar-refractivity contribution is 6.30. The van der Waals surface area contributed by atoms with Gasteiger partial charge in [0.05, 0.1) is 6.61 Å². The highest BCUT2D eigenvalue weighted by atomic mass is 35.5. The number of ether oxygens (including phenoxy) is 1. The number of carbonyl (C=O) groups excluding carboxylic acids is 2. The second kappa shape index (κ2) is 8.20. The molecule has 6 heteroatoms. The molecule has 1 heterocycles. The van der Waals surface area contributed by atoms with Gasteiger partial charge in [0.1, 0.15) is 5.75 Å². The Kier molecular flexibility index (Phi) is 6.28. The van der Waals surface area contributed by atoms with Crippen LogP contribution in [0.2, 0.25) is 5.02 Å². The van der Waals surface area contributed by atoms with Crippen molar-refractivity contribution in [1.29, 1.82) is 0 Å². The van der Waals surface area contributed by atoms with Crippen molar-refractivity contribution >= 4 is 23.4 Å². The van der Waals surface area contributed by atoms with Crippen molar-refractivity contribution in [3.8, 4) is 5.75 Å². The minimum atomic E-state index is -0.260. The lowest BCUT2D eigenvalue weighted by molar-refractivity contribution is -0.135. The van der Waals surface area contributed by atoms with Crippen LogP contribution in [0.1, 0.15) is 31.2 Å². The summed E-state index contributed by atoms with van der Waals surface area (Å²) in [4.78, 5) is 25.1. The number of hydrogen-bond donors (Lipinski definition) is 1. The molecule has 1 aromatic carbocycles. The van der Waals surface area contributed by atoms with Gasteiger partial charge in [0.15, 0.2) is 0 Å². The van der Waals surface area contributed by atoms with Crippen LogP contribution in [-0.4, -0.2) is 36.4 Å². The fourth-order valence-electron chi connectivity index (χ4n) is 2.75. The van der Waals surface area contributed by atoms with E-state index in [-0.39, 0.29) is 17.7 Å². The van der Waals surface area contributed by atoms with Gasteiger partial charge in [0.25, 0.3) is 0 Å². The van der Waals surface area contributed by atoms with E-state index in [2.05, 4.69) is 0 Å². The standard InChI is InChI=1S/C17H23ClN2O3/c1-12-11-14(18)4-5-15(12)23-10-2-3-16(21)20-8-6-13(7-9-20)17(19)22/h4-5,11,13H,2-3,6-10H2,1H3,(H2,19,22). The lowest BCUT2D eigenvalue weighted by Gasteiger charge is -2.30. The van der Waals surface area contributed by atoms with Crippen molar-refractivity contribution in [3.63, 3.8) is 0 Å². The van der Waals surface area contributed by atoms with Crippen LogP contribution in [0, 0.1) is 12.8 Å². The number of rotatable bonds is 6. The predicted octanol–water partition coefficient (Wildman–Crippen LogP) is 2.53. The van der Waals surface area contributed by atoms with E-state index in [4.69, 9.17) is 22.1 Å². The number of hydrogen-bond acceptors (Lipinski definition) is 3. The number of amides is 2. The van der Waals surface area contributed by atoms with E-state index in [0.29, 0.717) is 50.4 Å². The number of benzene rings is 1. The van der Waals surface area contributed by atoms with E-state index in [1.165, 1.54) is 0 Å². The van der Waals surface area contributed by atoms with Crippen LogP contribution >= 0.6 is 11.6 Å². The molecule has 0 unspecified atom stereocenters. The molecule has 0 saturated carbocycles. The first kappa shape index (κ1) is 17.6. The molecule has 1 saturated heterocycles. The number of aryl methyl sites for hydroxylation is 1. The van der Waals surface area contributed by atoms with Gasteiger partial charge in [-0.1, -0.05) is 11.6 Å². The van der Waals surface area contributed by atoms with E-state index in [1.54, 1.807) is 6.07 Å². The van der Waals surface area contributed by atoms with Crippen molar-refractivity contribution in [3.05, 3.63) is 28.8 Å². The van der Waals surface area contributed by atoms with Gasteiger partial charge in [-0.3, -0.25) is 9.59 Å². The smallest absolute Gasteiger partial charge is 0.222 e. The van der Waals surface area contributed by atoms with E-state index >= 15 is 0 Å². The number of piperidine rings is 1. The minimum absolute atomic E-state index is 0.0877. The number of halogens is 1. The van der Waals surface area contributed by atoms with Crippen LogP contribution in [0.3, 0.4) is 0 Å². The van der Waals surface area contributed by atoms with Crippen LogP contribution in [-0.2, 0) is 9.59 Å². The van der Waals surface area contributed by atoms with Crippen molar-refractivity contribution in [1.82, 2.24) is 4.90 Å². The summed E-state index contributed by atoms with van der Waals surface area (Å²) >= 11 is 5.90. The average Bonchev–Trinajstić information content (AvgIpc) is 2.53. The minimum Gasteiger partial charge on any atom is -0.493 e. The molecule has 2 rings (SSSR count). The third-order valence-electron chi connectivity index (χ3n) is 4.18. The molecule has 0 aliphatic carbocycles. The molecule has 1 fully saturated rings. The van der Waals surface area contributed by atoms with E-state index < -0.39 is 0 Å². The number of carbonyl (C=O) groups is 2. The van der Waals surface area contributed by atoms with Gasteiger partial charge in [-0.15, -0.1) is 0 Å². The summed E-state index contributed by atoms with van der Waals surface area (Å²) in [6, 6.07) is 5.48. The zero-order valence-electron chi connectivity index (χ0n) is 13.4. The summed E-state index contributed by atoms with van der Waals surface area (Å²) in [6.07, 6.45) is 2.45.